The van der Waals surface area contributed by atoms with Crippen LogP contribution >= 0.6 is 0 Å². The SMILES string of the molecule is CCCCCCC(C)(CCCCCC)NCC(F)(F)F. The molecule has 0 radical (unpaired) electrons. The lowest BCUT2D eigenvalue weighted by Crippen LogP contribution is -2.46. The molecule has 0 aromatic rings. The molecule has 4 heteroatoms. The summed E-state index contributed by atoms with van der Waals surface area (Å²) >= 11 is 0. The molecule has 0 aliphatic rings. The number of alkyl halides is 3. The van der Waals surface area contributed by atoms with Crippen LogP contribution in [0.1, 0.15) is 85.0 Å². The van der Waals surface area contributed by atoms with Gasteiger partial charge in [0, 0.05) is 5.54 Å². The third kappa shape index (κ3) is 11.6. The van der Waals surface area contributed by atoms with Crippen molar-refractivity contribution in [1.82, 2.24) is 5.32 Å². The summed E-state index contributed by atoms with van der Waals surface area (Å²) in [5.41, 5.74) is -0.364. The van der Waals surface area contributed by atoms with E-state index in [1.54, 1.807) is 0 Å². The third-order valence-electron chi connectivity index (χ3n) is 3.88. The average Bonchev–Trinajstić information content (AvgIpc) is 2.37. The summed E-state index contributed by atoms with van der Waals surface area (Å²) in [6, 6.07) is 0. The molecule has 0 saturated carbocycles. The van der Waals surface area contributed by atoms with E-state index in [1.165, 1.54) is 12.8 Å². The van der Waals surface area contributed by atoms with Crippen LogP contribution in [0.15, 0.2) is 0 Å². The molecule has 0 aromatic heterocycles. The van der Waals surface area contributed by atoms with Crippen LogP contribution in [0.2, 0.25) is 0 Å². The highest BCUT2D eigenvalue weighted by molar-refractivity contribution is 4.84. The molecule has 0 fully saturated rings. The summed E-state index contributed by atoms with van der Waals surface area (Å²) in [5.74, 6) is 0. The molecule has 0 aliphatic carbocycles. The van der Waals surface area contributed by atoms with Gasteiger partial charge in [-0.15, -0.1) is 0 Å². The van der Waals surface area contributed by atoms with Crippen LogP contribution in [0, 0.1) is 0 Å². The highest BCUT2D eigenvalue weighted by Gasteiger charge is 2.32. The normalized spacial score (nSPS) is 12.9. The van der Waals surface area contributed by atoms with E-state index in [9.17, 15) is 13.2 Å². The molecule has 0 rings (SSSR count). The van der Waals surface area contributed by atoms with Crippen molar-refractivity contribution < 1.29 is 13.2 Å². The van der Waals surface area contributed by atoms with Crippen LogP contribution in [0.4, 0.5) is 13.2 Å². The molecule has 0 aromatic carbocycles. The molecule has 0 aliphatic heterocycles. The number of unbranched alkanes of at least 4 members (excludes halogenated alkanes) is 6. The molecular formula is C16H32F3N. The number of hydrogen-bond donors (Lipinski definition) is 1. The lowest BCUT2D eigenvalue weighted by atomic mass is 9.88. The summed E-state index contributed by atoms with van der Waals surface area (Å²) in [4.78, 5) is 0. The van der Waals surface area contributed by atoms with Gasteiger partial charge in [-0.3, -0.25) is 0 Å². The van der Waals surface area contributed by atoms with Gasteiger partial charge >= 0.3 is 6.18 Å². The summed E-state index contributed by atoms with van der Waals surface area (Å²) in [6.45, 7) is 5.37. The Morgan fingerprint density at radius 3 is 1.55 bits per heavy atom. The molecule has 20 heavy (non-hydrogen) atoms. The molecule has 122 valence electrons. The molecule has 1 nitrogen and oxygen atoms in total. The van der Waals surface area contributed by atoms with E-state index in [4.69, 9.17) is 0 Å². The summed E-state index contributed by atoms with van der Waals surface area (Å²) in [5, 5.41) is 2.76. The van der Waals surface area contributed by atoms with E-state index < -0.39 is 12.7 Å². The van der Waals surface area contributed by atoms with Gasteiger partial charge in [-0.1, -0.05) is 65.2 Å². The number of hydrogen-bond acceptors (Lipinski definition) is 1. The topological polar surface area (TPSA) is 12.0 Å². The fraction of sp³-hybridized carbons (Fsp3) is 1.00. The predicted octanol–water partition coefficient (Wildman–Crippen LogP) is 5.84. The molecule has 0 bridgehead atoms. The molecule has 0 amide bonds. The van der Waals surface area contributed by atoms with Gasteiger partial charge in [0.25, 0.3) is 0 Å². The van der Waals surface area contributed by atoms with Crippen molar-refractivity contribution in [2.75, 3.05) is 6.54 Å². The van der Waals surface area contributed by atoms with E-state index in [-0.39, 0.29) is 5.54 Å². The van der Waals surface area contributed by atoms with Gasteiger partial charge in [0.1, 0.15) is 0 Å². The Kier molecular flexibility index (Phi) is 10.3. The van der Waals surface area contributed by atoms with E-state index in [0.29, 0.717) is 0 Å². The van der Waals surface area contributed by atoms with Crippen molar-refractivity contribution in [2.24, 2.45) is 0 Å². The van der Waals surface area contributed by atoms with Crippen molar-refractivity contribution in [3.05, 3.63) is 0 Å². The van der Waals surface area contributed by atoms with Crippen LogP contribution in [-0.2, 0) is 0 Å². The average molecular weight is 295 g/mol. The predicted molar refractivity (Wildman–Crippen MR) is 80.0 cm³/mol. The number of halogens is 3. The smallest absolute Gasteiger partial charge is 0.303 e. The quantitative estimate of drug-likeness (QED) is 0.446. The summed E-state index contributed by atoms with van der Waals surface area (Å²) < 4.78 is 37.2. The van der Waals surface area contributed by atoms with Gasteiger partial charge in [0.2, 0.25) is 0 Å². The van der Waals surface area contributed by atoms with Crippen LogP contribution in [-0.4, -0.2) is 18.3 Å². The van der Waals surface area contributed by atoms with Crippen molar-refractivity contribution in [2.45, 2.75) is 96.7 Å². The molecule has 0 spiro atoms. The second kappa shape index (κ2) is 10.5. The highest BCUT2D eigenvalue weighted by Crippen LogP contribution is 2.24. The van der Waals surface area contributed by atoms with Gasteiger partial charge in [-0.25, -0.2) is 0 Å². The minimum absolute atomic E-state index is 0.364. The zero-order valence-corrected chi connectivity index (χ0v) is 13.4. The summed E-state index contributed by atoms with van der Waals surface area (Å²) in [7, 11) is 0. The highest BCUT2D eigenvalue weighted by atomic mass is 19.4. The van der Waals surface area contributed by atoms with Crippen LogP contribution < -0.4 is 5.32 Å². The zero-order valence-electron chi connectivity index (χ0n) is 13.4. The minimum Gasteiger partial charge on any atom is -0.303 e. The molecule has 1 N–H and O–H groups in total. The lowest BCUT2D eigenvalue weighted by molar-refractivity contribution is -0.129. The second-order valence-corrected chi connectivity index (χ2v) is 6.15. The van der Waals surface area contributed by atoms with E-state index >= 15 is 0 Å². The van der Waals surface area contributed by atoms with E-state index in [0.717, 1.165) is 51.4 Å². The van der Waals surface area contributed by atoms with Crippen LogP contribution in [0.5, 0.6) is 0 Å². The maximum absolute atomic E-state index is 12.4. The minimum atomic E-state index is -4.12. The molecule has 0 unspecified atom stereocenters. The third-order valence-corrected chi connectivity index (χ3v) is 3.88. The summed E-state index contributed by atoms with van der Waals surface area (Å²) in [6.07, 6.45) is 6.50. The van der Waals surface area contributed by atoms with Crippen LogP contribution in [0.3, 0.4) is 0 Å². The van der Waals surface area contributed by atoms with Gasteiger partial charge in [0.05, 0.1) is 6.54 Å². The lowest BCUT2D eigenvalue weighted by Gasteiger charge is -2.32. The van der Waals surface area contributed by atoms with Gasteiger partial charge < -0.3 is 5.32 Å². The van der Waals surface area contributed by atoms with Crippen molar-refractivity contribution in [3.8, 4) is 0 Å². The number of nitrogens with one attached hydrogen (secondary N) is 1. The van der Waals surface area contributed by atoms with Crippen molar-refractivity contribution in [1.29, 1.82) is 0 Å². The molecule has 0 saturated heterocycles. The maximum Gasteiger partial charge on any atom is 0.401 e. The molecular weight excluding hydrogens is 263 g/mol. The Hall–Kier alpha value is -0.250. The Balaban J connectivity index is 4.19. The van der Waals surface area contributed by atoms with Crippen molar-refractivity contribution in [3.63, 3.8) is 0 Å². The monoisotopic (exact) mass is 295 g/mol. The first-order valence-electron chi connectivity index (χ1n) is 8.15. The van der Waals surface area contributed by atoms with Gasteiger partial charge in [0.15, 0.2) is 0 Å². The fourth-order valence-electron chi connectivity index (χ4n) is 2.50. The van der Waals surface area contributed by atoms with Crippen molar-refractivity contribution >= 4 is 0 Å². The second-order valence-electron chi connectivity index (χ2n) is 6.15. The fourth-order valence-corrected chi connectivity index (χ4v) is 2.50. The largest absolute Gasteiger partial charge is 0.401 e. The maximum atomic E-state index is 12.4. The first-order valence-corrected chi connectivity index (χ1v) is 8.15. The standard InChI is InChI=1S/C16H32F3N/c1-4-6-8-10-12-15(3,13-11-9-7-5-2)20-14-16(17,18)19/h20H,4-14H2,1-3H3. The van der Waals surface area contributed by atoms with Crippen LogP contribution in [0.25, 0.3) is 0 Å². The van der Waals surface area contributed by atoms with Gasteiger partial charge in [-0.05, 0) is 19.8 Å². The molecule has 0 atom stereocenters. The number of rotatable bonds is 12. The Labute approximate surface area is 122 Å². The Morgan fingerprint density at radius 1 is 0.750 bits per heavy atom. The molecule has 0 heterocycles. The first-order chi connectivity index (χ1) is 9.33. The van der Waals surface area contributed by atoms with Gasteiger partial charge in [-0.2, -0.15) is 13.2 Å². The van der Waals surface area contributed by atoms with E-state index in [2.05, 4.69) is 19.2 Å². The van der Waals surface area contributed by atoms with E-state index in [1.807, 2.05) is 6.92 Å². The Bertz CT molecular complexity index is 214. The zero-order chi connectivity index (χ0) is 15.5. The Morgan fingerprint density at radius 2 is 1.20 bits per heavy atom. The first kappa shape index (κ1) is 19.8.